The van der Waals surface area contributed by atoms with Crippen molar-refractivity contribution < 1.29 is 9.90 Å². The van der Waals surface area contributed by atoms with Gasteiger partial charge in [0.25, 0.3) is 0 Å². The smallest absolute Gasteiger partial charge is 0.335 e. The Kier molecular flexibility index (Phi) is 4.33. The predicted molar refractivity (Wildman–Crippen MR) is 76.3 cm³/mol. The van der Waals surface area contributed by atoms with Crippen LogP contribution in [0.25, 0.3) is 0 Å². The summed E-state index contributed by atoms with van der Waals surface area (Å²) < 4.78 is 0. The first-order valence-electron chi connectivity index (χ1n) is 5.40. The van der Waals surface area contributed by atoms with Crippen molar-refractivity contribution in [3.63, 3.8) is 0 Å². The standard InChI is InChI=1S/C14H12O2S2/c1-10-2-6-12(7-3-10)17-18-13-8-4-11(5-9-13)14(15)16/h2-9H,1H3,(H,15,16). The molecule has 0 bridgehead atoms. The summed E-state index contributed by atoms with van der Waals surface area (Å²) in [5, 5.41) is 8.80. The molecule has 2 nitrogen and oxygen atoms in total. The van der Waals surface area contributed by atoms with Gasteiger partial charge in [0, 0.05) is 9.79 Å². The zero-order chi connectivity index (χ0) is 13.0. The summed E-state index contributed by atoms with van der Waals surface area (Å²) in [6.07, 6.45) is 0. The Balaban J connectivity index is 1.97. The van der Waals surface area contributed by atoms with Crippen molar-refractivity contribution in [2.45, 2.75) is 16.7 Å². The average molecular weight is 276 g/mol. The third-order valence-corrected chi connectivity index (χ3v) is 4.77. The second-order valence-corrected chi connectivity index (χ2v) is 6.09. The molecule has 4 heteroatoms. The predicted octanol–water partition coefficient (Wildman–Crippen LogP) is 4.49. The molecule has 2 aromatic carbocycles. The van der Waals surface area contributed by atoms with Crippen molar-refractivity contribution >= 4 is 27.6 Å². The van der Waals surface area contributed by atoms with Crippen molar-refractivity contribution in [2.75, 3.05) is 0 Å². The minimum atomic E-state index is -0.891. The van der Waals surface area contributed by atoms with E-state index in [0.717, 1.165) is 4.90 Å². The number of hydrogen-bond acceptors (Lipinski definition) is 3. The summed E-state index contributed by atoms with van der Waals surface area (Å²) in [5.41, 5.74) is 1.56. The van der Waals surface area contributed by atoms with Gasteiger partial charge in [0.15, 0.2) is 0 Å². The van der Waals surface area contributed by atoms with Crippen LogP contribution in [0.1, 0.15) is 15.9 Å². The van der Waals surface area contributed by atoms with Crippen molar-refractivity contribution in [2.24, 2.45) is 0 Å². The molecule has 0 spiro atoms. The van der Waals surface area contributed by atoms with Crippen LogP contribution in [0.4, 0.5) is 0 Å². The Morgan fingerprint density at radius 2 is 1.33 bits per heavy atom. The van der Waals surface area contributed by atoms with Crippen molar-refractivity contribution in [1.82, 2.24) is 0 Å². The summed E-state index contributed by atoms with van der Waals surface area (Å²) in [7, 11) is 3.29. The molecule has 0 saturated carbocycles. The molecule has 0 amide bonds. The highest BCUT2D eigenvalue weighted by Crippen LogP contribution is 2.37. The molecule has 0 fully saturated rings. The van der Waals surface area contributed by atoms with Crippen LogP contribution in [0.3, 0.4) is 0 Å². The fourth-order valence-electron chi connectivity index (χ4n) is 1.34. The monoisotopic (exact) mass is 276 g/mol. The van der Waals surface area contributed by atoms with E-state index in [1.54, 1.807) is 33.7 Å². The van der Waals surface area contributed by atoms with E-state index in [4.69, 9.17) is 5.11 Å². The van der Waals surface area contributed by atoms with Crippen LogP contribution in [0.2, 0.25) is 0 Å². The lowest BCUT2D eigenvalue weighted by atomic mass is 10.2. The number of aryl methyl sites for hydroxylation is 1. The number of rotatable bonds is 4. The van der Waals surface area contributed by atoms with Crippen LogP contribution in [0.15, 0.2) is 58.3 Å². The average Bonchev–Trinajstić information content (AvgIpc) is 2.38. The molecule has 0 aromatic heterocycles. The molecular weight excluding hydrogens is 264 g/mol. The van der Waals surface area contributed by atoms with Gasteiger partial charge in [-0.2, -0.15) is 0 Å². The highest BCUT2D eigenvalue weighted by atomic mass is 33.1. The summed E-state index contributed by atoms with van der Waals surface area (Å²) in [5.74, 6) is -0.891. The first-order valence-corrected chi connectivity index (χ1v) is 7.55. The number of hydrogen-bond donors (Lipinski definition) is 1. The van der Waals surface area contributed by atoms with Crippen LogP contribution >= 0.6 is 21.6 Å². The molecule has 2 rings (SSSR count). The molecule has 0 atom stereocenters. The first kappa shape index (κ1) is 13.1. The lowest BCUT2D eigenvalue weighted by molar-refractivity contribution is 0.0697. The Hall–Kier alpha value is -1.39. The molecule has 18 heavy (non-hydrogen) atoms. The summed E-state index contributed by atoms with van der Waals surface area (Å²) in [6.45, 7) is 2.06. The van der Waals surface area contributed by atoms with Gasteiger partial charge in [-0.05, 0) is 43.3 Å². The van der Waals surface area contributed by atoms with E-state index in [9.17, 15) is 4.79 Å². The summed E-state index contributed by atoms with van der Waals surface area (Å²) in [4.78, 5) is 12.9. The molecular formula is C14H12O2S2. The van der Waals surface area contributed by atoms with E-state index in [-0.39, 0.29) is 0 Å². The second-order valence-electron chi connectivity index (χ2n) is 3.81. The Morgan fingerprint density at radius 1 is 0.889 bits per heavy atom. The molecule has 0 heterocycles. The minimum Gasteiger partial charge on any atom is -0.478 e. The molecule has 0 radical (unpaired) electrons. The Morgan fingerprint density at radius 3 is 1.78 bits per heavy atom. The number of aromatic carboxylic acids is 1. The highest BCUT2D eigenvalue weighted by molar-refractivity contribution is 8.76. The third kappa shape index (κ3) is 3.55. The van der Waals surface area contributed by atoms with E-state index < -0.39 is 5.97 Å². The maximum atomic E-state index is 10.7. The Bertz CT molecular complexity index is 533. The highest BCUT2D eigenvalue weighted by Gasteiger charge is 2.02. The molecule has 0 aliphatic heterocycles. The van der Waals surface area contributed by atoms with Gasteiger partial charge in [0.2, 0.25) is 0 Å². The van der Waals surface area contributed by atoms with E-state index >= 15 is 0 Å². The number of carboxylic acids is 1. The van der Waals surface area contributed by atoms with E-state index in [1.165, 1.54) is 10.5 Å². The molecule has 0 aliphatic rings. The van der Waals surface area contributed by atoms with Crippen LogP contribution in [-0.4, -0.2) is 11.1 Å². The number of carbonyl (C=O) groups is 1. The van der Waals surface area contributed by atoms with Crippen molar-refractivity contribution in [3.8, 4) is 0 Å². The molecule has 92 valence electrons. The minimum absolute atomic E-state index is 0.319. The van der Waals surface area contributed by atoms with E-state index in [0.29, 0.717) is 5.56 Å². The van der Waals surface area contributed by atoms with Crippen molar-refractivity contribution in [3.05, 3.63) is 59.7 Å². The van der Waals surface area contributed by atoms with Gasteiger partial charge in [-0.25, -0.2) is 4.79 Å². The van der Waals surface area contributed by atoms with Gasteiger partial charge in [-0.3, -0.25) is 0 Å². The van der Waals surface area contributed by atoms with E-state index in [2.05, 4.69) is 31.2 Å². The SMILES string of the molecule is Cc1ccc(SSc2ccc(C(=O)O)cc2)cc1. The van der Waals surface area contributed by atoms with Crippen LogP contribution in [0.5, 0.6) is 0 Å². The molecule has 0 saturated heterocycles. The van der Waals surface area contributed by atoms with Gasteiger partial charge in [-0.1, -0.05) is 39.3 Å². The van der Waals surface area contributed by atoms with Crippen LogP contribution in [-0.2, 0) is 0 Å². The van der Waals surface area contributed by atoms with Crippen LogP contribution in [0, 0.1) is 6.92 Å². The summed E-state index contributed by atoms with van der Waals surface area (Å²) in [6, 6.07) is 15.2. The maximum Gasteiger partial charge on any atom is 0.335 e. The fraction of sp³-hybridized carbons (Fsp3) is 0.0714. The molecule has 0 aliphatic carbocycles. The van der Waals surface area contributed by atoms with E-state index in [1.807, 2.05) is 12.1 Å². The number of benzene rings is 2. The normalized spacial score (nSPS) is 10.3. The lowest BCUT2D eigenvalue weighted by Gasteiger charge is -2.02. The van der Waals surface area contributed by atoms with Gasteiger partial charge in [-0.15, -0.1) is 0 Å². The lowest BCUT2D eigenvalue weighted by Crippen LogP contribution is -1.94. The quantitative estimate of drug-likeness (QED) is 0.835. The topological polar surface area (TPSA) is 37.3 Å². The van der Waals surface area contributed by atoms with Crippen LogP contribution < -0.4 is 0 Å². The second kappa shape index (κ2) is 5.98. The van der Waals surface area contributed by atoms with Gasteiger partial charge >= 0.3 is 5.97 Å². The van der Waals surface area contributed by atoms with Crippen molar-refractivity contribution in [1.29, 1.82) is 0 Å². The van der Waals surface area contributed by atoms with Gasteiger partial charge in [0.05, 0.1) is 5.56 Å². The molecule has 0 unspecified atom stereocenters. The maximum absolute atomic E-state index is 10.7. The third-order valence-electron chi connectivity index (χ3n) is 2.36. The van der Waals surface area contributed by atoms with Gasteiger partial charge in [0.1, 0.15) is 0 Å². The molecule has 1 N–H and O–H groups in total. The number of carboxylic acid groups (broad SMARTS) is 1. The molecule has 2 aromatic rings. The largest absolute Gasteiger partial charge is 0.478 e. The van der Waals surface area contributed by atoms with Gasteiger partial charge < -0.3 is 5.11 Å². The first-order chi connectivity index (χ1) is 8.65. The zero-order valence-corrected chi connectivity index (χ0v) is 11.4. The fourth-order valence-corrected chi connectivity index (χ4v) is 3.27. The summed E-state index contributed by atoms with van der Waals surface area (Å²) >= 11 is 0. The Labute approximate surface area is 114 Å². The zero-order valence-electron chi connectivity index (χ0n) is 9.79.